The Hall–Kier alpha value is -2.30. The molecule has 2 aromatic rings. The van der Waals surface area contributed by atoms with E-state index in [4.69, 9.17) is 0 Å². The first-order chi connectivity index (χ1) is 11.5. The summed E-state index contributed by atoms with van der Waals surface area (Å²) in [5.74, 6) is 0. The standard InChI is InChI=1S/C19H26N4O/c1-13-8-4-5-9-16(13)12-23-15(3)18(14(2)22-23)21-19(24)20-17-10-6-7-11-17/h4-5,8-9,17H,6-7,10-12H2,1-3H3,(H2,20,21,24). The van der Waals surface area contributed by atoms with Gasteiger partial charge in [-0.3, -0.25) is 4.68 Å². The molecule has 0 radical (unpaired) electrons. The van der Waals surface area contributed by atoms with Crippen molar-refractivity contribution >= 4 is 11.7 Å². The normalized spacial score (nSPS) is 14.8. The minimum atomic E-state index is -0.122. The molecule has 2 amide bonds. The molecule has 0 aliphatic heterocycles. The summed E-state index contributed by atoms with van der Waals surface area (Å²) < 4.78 is 1.96. The zero-order valence-corrected chi connectivity index (χ0v) is 14.7. The van der Waals surface area contributed by atoms with Crippen molar-refractivity contribution in [1.29, 1.82) is 0 Å². The van der Waals surface area contributed by atoms with Gasteiger partial charge in [-0.05, 0) is 44.7 Å². The van der Waals surface area contributed by atoms with E-state index >= 15 is 0 Å². The molecule has 1 fully saturated rings. The summed E-state index contributed by atoms with van der Waals surface area (Å²) in [7, 11) is 0. The van der Waals surface area contributed by atoms with Crippen LogP contribution in [0.1, 0.15) is 48.2 Å². The quantitative estimate of drug-likeness (QED) is 0.894. The van der Waals surface area contributed by atoms with Crippen LogP contribution in [0.25, 0.3) is 0 Å². The molecule has 1 heterocycles. The van der Waals surface area contributed by atoms with Crippen molar-refractivity contribution < 1.29 is 4.79 Å². The summed E-state index contributed by atoms with van der Waals surface area (Å²) in [6.45, 7) is 6.76. The molecule has 1 saturated carbocycles. The van der Waals surface area contributed by atoms with Gasteiger partial charge in [0, 0.05) is 6.04 Å². The van der Waals surface area contributed by atoms with Crippen molar-refractivity contribution in [2.24, 2.45) is 0 Å². The minimum Gasteiger partial charge on any atom is -0.335 e. The van der Waals surface area contributed by atoms with E-state index in [0.29, 0.717) is 12.6 Å². The Kier molecular flexibility index (Phi) is 4.88. The third kappa shape index (κ3) is 3.61. The average molecular weight is 326 g/mol. The van der Waals surface area contributed by atoms with Crippen LogP contribution < -0.4 is 10.6 Å². The fraction of sp³-hybridized carbons (Fsp3) is 0.474. The van der Waals surface area contributed by atoms with Gasteiger partial charge in [-0.1, -0.05) is 37.1 Å². The van der Waals surface area contributed by atoms with Crippen LogP contribution in [0.4, 0.5) is 10.5 Å². The number of nitrogens with zero attached hydrogens (tertiary/aromatic N) is 2. The van der Waals surface area contributed by atoms with Gasteiger partial charge in [0.25, 0.3) is 0 Å². The fourth-order valence-electron chi connectivity index (χ4n) is 3.39. The lowest BCUT2D eigenvalue weighted by Gasteiger charge is -2.13. The van der Waals surface area contributed by atoms with Gasteiger partial charge in [-0.2, -0.15) is 5.10 Å². The number of hydrogen-bond donors (Lipinski definition) is 2. The SMILES string of the molecule is Cc1ccccc1Cn1nc(C)c(NC(=O)NC2CCCC2)c1C. The Labute approximate surface area is 143 Å². The van der Waals surface area contributed by atoms with Crippen LogP contribution in [0.5, 0.6) is 0 Å². The van der Waals surface area contributed by atoms with Gasteiger partial charge in [0.2, 0.25) is 0 Å². The fourth-order valence-corrected chi connectivity index (χ4v) is 3.39. The molecule has 128 valence electrons. The van der Waals surface area contributed by atoms with E-state index in [1.165, 1.54) is 24.0 Å². The number of aromatic nitrogens is 2. The predicted molar refractivity (Wildman–Crippen MR) is 96.4 cm³/mol. The molecule has 1 aliphatic carbocycles. The van der Waals surface area contributed by atoms with Crippen molar-refractivity contribution in [3.63, 3.8) is 0 Å². The molecule has 0 unspecified atom stereocenters. The summed E-state index contributed by atoms with van der Waals surface area (Å²) in [5, 5.41) is 10.7. The third-order valence-corrected chi connectivity index (χ3v) is 4.89. The molecular weight excluding hydrogens is 300 g/mol. The van der Waals surface area contributed by atoms with Crippen molar-refractivity contribution in [3.05, 3.63) is 46.8 Å². The molecule has 1 aliphatic rings. The van der Waals surface area contributed by atoms with E-state index in [9.17, 15) is 4.79 Å². The zero-order chi connectivity index (χ0) is 17.1. The molecular formula is C19H26N4O. The number of hydrogen-bond acceptors (Lipinski definition) is 2. The van der Waals surface area contributed by atoms with E-state index in [-0.39, 0.29) is 6.03 Å². The highest BCUT2D eigenvalue weighted by Crippen LogP contribution is 2.22. The lowest BCUT2D eigenvalue weighted by atomic mass is 10.1. The van der Waals surface area contributed by atoms with Crippen LogP contribution in [-0.4, -0.2) is 21.9 Å². The van der Waals surface area contributed by atoms with Crippen LogP contribution >= 0.6 is 0 Å². The van der Waals surface area contributed by atoms with Gasteiger partial charge < -0.3 is 10.6 Å². The van der Waals surface area contributed by atoms with Gasteiger partial charge in [-0.25, -0.2) is 4.79 Å². The van der Waals surface area contributed by atoms with Crippen LogP contribution in [0, 0.1) is 20.8 Å². The minimum absolute atomic E-state index is 0.122. The summed E-state index contributed by atoms with van der Waals surface area (Å²) in [5.41, 5.74) is 5.14. The van der Waals surface area contributed by atoms with Gasteiger partial charge in [-0.15, -0.1) is 0 Å². The number of rotatable bonds is 4. The molecule has 5 heteroatoms. The lowest BCUT2D eigenvalue weighted by molar-refractivity contribution is 0.248. The second-order valence-corrected chi connectivity index (χ2v) is 6.71. The Bertz CT molecular complexity index is 729. The highest BCUT2D eigenvalue weighted by Gasteiger charge is 2.19. The predicted octanol–water partition coefficient (Wildman–Crippen LogP) is 3.92. The molecule has 0 spiro atoms. The van der Waals surface area contributed by atoms with E-state index in [1.54, 1.807) is 0 Å². The number of urea groups is 1. The third-order valence-electron chi connectivity index (χ3n) is 4.89. The molecule has 1 aromatic carbocycles. The smallest absolute Gasteiger partial charge is 0.319 e. The van der Waals surface area contributed by atoms with Gasteiger partial charge >= 0.3 is 6.03 Å². The monoisotopic (exact) mass is 326 g/mol. The summed E-state index contributed by atoms with van der Waals surface area (Å²) in [4.78, 5) is 12.2. The number of carbonyl (C=O) groups excluding carboxylic acids is 1. The van der Waals surface area contributed by atoms with Crippen molar-refractivity contribution in [3.8, 4) is 0 Å². The summed E-state index contributed by atoms with van der Waals surface area (Å²) in [6, 6.07) is 8.50. The first kappa shape index (κ1) is 16.6. The van der Waals surface area contributed by atoms with Gasteiger partial charge in [0.15, 0.2) is 0 Å². The Balaban J connectivity index is 1.71. The number of aryl methyl sites for hydroxylation is 2. The largest absolute Gasteiger partial charge is 0.335 e. The maximum Gasteiger partial charge on any atom is 0.319 e. The molecule has 0 bridgehead atoms. The number of carbonyl (C=O) groups is 1. The Morgan fingerprint density at radius 2 is 1.92 bits per heavy atom. The topological polar surface area (TPSA) is 59.0 Å². The zero-order valence-electron chi connectivity index (χ0n) is 14.7. The van der Waals surface area contributed by atoms with Crippen LogP contribution in [-0.2, 0) is 6.54 Å². The molecule has 1 aromatic heterocycles. The van der Waals surface area contributed by atoms with E-state index in [2.05, 4.69) is 34.8 Å². The van der Waals surface area contributed by atoms with Gasteiger partial charge in [0.05, 0.1) is 23.6 Å². The van der Waals surface area contributed by atoms with Crippen molar-refractivity contribution in [1.82, 2.24) is 15.1 Å². The van der Waals surface area contributed by atoms with E-state index in [0.717, 1.165) is 29.9 Å². The van der Waals surface area contributed by atoms with Gasteiger partial charge in [0.1, 0.15) is 0 Å². The number of anilines is 1. The molecule has 5 nitrogen and oxygen atoms in total. The molecule has 0 atom stereocenters. The molecule has 2 N–H and O–H groups in total. The second-order valence-electron chi connectivity index (χ2n) is 6.71. The Morgan fingerprint density at radius 1 is 1.21 bits per heavy atom. The highest BCUT2D eigenvalue weighted by atomic mass is 16.2. The average Bonchev–Trinajstić information content (AvgIpc) is 3.14. The van der Waals surface area contributed by atoms with Crippen LogP contribution in [0.3, 0.4) is 0 Å². The molecule has 0 saturated heterocycles. The van der Waals surface area contributed by atoms with E-state index in [1.807, 2.05) is 30.7 Å². The lowest BCUT2D eigenvalue weighted by Crippen LogP contribution is -2.36. The number of nitrogens with one attached hydrogen (secondary N) is 2. The number of amides is 2. The van der Waals surface area contributed by atoms with Crippen LogP contribution in [0.15, 0.2) is 24.3 Å². The van der Waals surface area contributed by atoms with Crippen molar-refractivity contribution in [2.75, 3.05) is 5.32 Å². The van der Waals surface area contributed by atoms with Crippen LogP contribution in [0.2, 0.25) is 0 Å². The summed E-state index contributed by atoms with van der Waals surface area (Å²) in [6.07, 6.45) is 4.57. The molecule has 24 heavy (non-hydrogen) atoms. The Morgan fingerprint density at radius 3 is 2.62 bits per heavy atom. The first-order valence-corrected chi connectivity index (χ1v) is 8.70. The maximum atomic E-state index is 12.2. The van der Waals surface area contributed by atoms with Crippen molar-refractivity contribution in [2.45, 2.75) is 59.0 Å². The summed E-state index contributed by atoms with van der Waals surface area (Å²) >= 11 is 0. The first-order valence-electron chi connectivity index (χ1n) is 8.70. The maximum absolute atomic E-state index is 12.2. The number of benzene rings is 1. The highest BCUT2D eigenvalue weighted by molar-refractivity contribution is 5.90. The molecule has 3 rings (SSSR count). The second kappa shape index (κ2) is 7.07. The van der Waals surface area contributed by atoms with E-state index < -0.39 is 0 Å².